The van der Waals surface area contributed by atoms with Crippen LogP contribution in [0.25, 0.3) is 0 Å². The number of nitrogens with one attached hydrogen (secondary N) is 1. The predicted octanol–water partition coefficient (Wildman–Crippen LogP) is 1.08. The summed E-state index contributed by atoms with van der Waals surface area (Å²) >= 11 is 15.3. The zero-order chi connectivity index (χ0) is 11.4. The summed E-state index contributed by atoms with van der Waals surface area (Å²) in [5.41, 5.74) is 9.41. The molecule has 1 fully saturated rings. The summed E-state index contributed by atoms with van der Waals surface area (Å²) in [4.78, 5) is 0. The SMILES string of the molecule is C1CCNCC1.NC(=S)S.NC(=S)S. The van der Waals surface area contributed by atoms with E-state index < -0.39 is 0 Å². The van der Waals surface area contributed by atoms with Crippen molar-refractivity contribution in [3.63, 3.8) is 0 Å². The van der Waals surface area contributed by atoms with Gasteiger partial charge in [-0.15, -0.1) is 25.3 Å². The van der Waals surface area contributed by atoms with E-state index in [1.807, 2.05) is 0 Å². The largest absolute Gasteiger partial charge is 0.385 e. The summed E-state index contributed by atoms with van der Waals surface area (Å²) in [7, 11) is 0. The van der Waals surface area contributed by atoms with Crippen LogP contribution >= 0.6 is 49.7 Å². The number of rotatable bonds is 0. The molecule has 14 heavy (non-hydrogen) atoms. The van der Waals surface area contributed by atoms with E-state index in [9.17, 15) is 0 Å². The van der Waals surface area contributed by atoms with Gasteiger partial charge in [0.1, 0.15) is 8.64 Å². The van der Waals surface area contributed by atoms with Crippen molar-refractivity contribution in [2.45, 2.75) is 19.3 Å². The van der Waals surface area contributed by atoms with E-state index in [1.165, 1.54) is 32.4 Å². The topological polar surface area (TPSA) is 64.1 Å². The lowest BCUT2D eigenvalue weighted by Crippen LogP contribution is -2.21. The summed E-state index contributed by atoms with van der Waals surface area (Å²) < 4.78 is 0.389. The number of hydrogen-bond acceptors (Lipinski definition) is 3. The van der Waals surface area contributed by atoms with E-state index >= 15 is 0 Å². The second-order valence-electron chi connectivity index (χ2n) is 2.49. The molecule has 0 atom stereocenters. The Morgan fingerprint density at radius 2 is 1.21 bits per heavy atom. The summed E-state index contributed by atoms with van der Waals surface area (Å²) in [6, 6.07) is 0. The molecular formula is C7H17N3S4. The molecular weight excluding hydrogens is 254 g/mol. The lowest BCUT2D eigenvalue weighted by molar-refractivity contribution is 0.520. The first-order valence-corrected chi connectivity index (χ1v) is 5.85. The monoisotopic (exact) mass is 271 g/mol. The molecule has 3 nitrogen and oxygen atoms in total. The molecule has 0 aromatic carbocycles. The molecule has 1 heterocycles. The number of piperidine rings is 1. The van der Waals surface area contributed by atoms with E-state index in [0.717, 1.165) is 0 Å². The maximum absolute atomic E-state index is 4.71. The first-order chi connectivity index (χ1) is 6.46. The summed E-state index contributed by atoms with van der Waals surface area (Å²) in [6.45, 7) is 2.50. The minimum absolute atomic E-state index is 0.194. The third kappa shape index (κ3) is 39.3. The van der Waals surface area contributed by atoms with Gasteiger partial charge >= 0.3 is 0 Å². The second kappa shape index (κ2) is 13.4. The number of thiol groups is 2. The molecule has 0 amide bonds. The van der Waals surface area contributed by atoms with Crippen molar-refractivity contribution in [3.8, 4) is 0 Å². The highest BCUT2D eigenvalue weighted by Crippen LogP contribution is 1.96. The van der Waals surface area contributed by atoms with Crippen LogP contribution in [0.15, 0.2) is 0 Å². The van der Waals surface area contributed by atoms with Crippen molar-refractivity contribution in [1.82, 2.24) is 5.32 Å². The molecule has 1 rings (SSSR count). The van der Waals surface area contributed by atoms with Gasteiger partial charge in [-0.1, -0.05) is 30.9 Å². The van der Waals surface area contributed by atoms with Crippen LogP contribution in [-0.2, 0) is 0 Å². The Labute approximate surface area is 107 Å². The van der Waals surface area contributed by atoms with Gasteiger partial charge in [0.25, 0.3) is 0 Å². The highest BCUT2D eigenvalue weighted by atomic mass is 32.1. The van der Waals surface area contributed by atoms with Crippen LogP contribution in [0.3, 0.4) is 0 Å². The quantitative estimate of drug-likeness (QED) is 0.337. The first kappa shape index (κ1) is 16.9. The Morgan fingerprint density at radius 3 is 1.29 bits per heavy atom. The van der Waals surface area contributed by atoms with E-state index in [4.69, 9.17) is 11.5 Å². The van der Waals surface area contributed by atoms with Gasteiger partial charge < -0.3 is 16.8 Å². The van der Waals surface area contributed by atoms with Crippen LogP contribution in [0.1, 0.15) is 19.3 Å². The third-order valence-corrected chi connectivity index (χ3v) is 1.21. The minimum atomic E-state index is 0.194. The van der Waals surface area contributed by atoms with Gasteiger partial charge in [0.2, 0.25) is 0 Å². The molecule has 0 aromatic heterocycles. The van der Waals surface area contributed by atoms with E-state index in [1.54, 1.807) is 0 Å². The molecule has 5 N–H and O–H groups in total. The second-order valence-corrected chi connectivity index (χ2v) is 4.94. The van der Waals surface area contributed by atoms with Gasteiger partial charge in [0, 0.05) is 0 Å². The first-order valence-electron chi connectivity index (χ1n) is 4.14. The van der Waals surface area contributed by atoms with Crippen molar-refractivity contribution >= 4 is 58.3 Å². The average molecular weight is 272 g/mol. The average Bonchev–Trinajstić information content (AvgIpc) is 2.05. The normalized spacial score (nSPS) is 13.9. The van der Waals surface area contributed by atoms with Gasteiger partial charge in [-0.3, -0.25) is 0 Å². The Balaban J connectivity index is 0. The van der Waals surface area contributed by atoms with Crippen molar-refractivity contribution in [2.24, 2.45) is 11.5 Å². The highest BCUT2D eigenvalue weighted by Gasteiger charge is 1.93. The lowest BCUT2D eigenvalue weighted by Gasteiger charge is -2.08. The minimum Gasteiger partial charge on any atom is -0.385 e. The fourth-order valence-electron chi connectivity index (χ4n) is 0.802. The van der Waals surface area contributed by atoms with E-state index in [2.05, 4.69) is 55.0 Å². The van der Waals surface area contributed by atoms with Gasteiger partial charge in [0.15, 0.2) is 0 Å². The van der Waals surface area contributed by atoms with Crippen LogP contribution in [0.4, 0.5) is 0 Å². The fourth-order valence-corrected chi connectivity index (χ4v) is 0.802. The lowest BCUT2D eigenvalue weighted by atomic mass is 10.2. The standard InChI is InChI=1S/C5H11N.2CH3NS2/c1-2-4-6-5-3-1;2*2-1(3)4/h6H,1-5H2;2*(H3,2,3,4). The molecule has 0 aliphatic carbocycles. The maximum atomic E-state index is 4.71. The van der Waals surface area contributed by atoms with Crippen LogP contribution in [0.2, 0.25) is 0 Å². The number of hydrogen-bond donors (Lipinski definition) is 5. The van der Waals surface area contributed by atoms with Crippen molar-refractivity contribution < 1.29 is 0 Å². The van der Waals surface area contributed by atoms with E-state index in [0.29, 0.717) is 0 Å². The molecule has 0 bridgehead atoms. The Hall–Kier alpha value is 0.440. The number of nitrogens with two attached hydrogens (primary N) is 2. The molecule has 0 saturated carbocycles. The van der Waals surface area contributed by atoms with Gasteiger partial charge in [-0.2, -0.15) is 0 Å². The Kier molecular flexibility index (Phi) is 16.2. The van der Waals surface area contributed by atoms with E-state index in [-0.39, 0.29) is 8.64 Å². The van der Waals surface area contributed by atoms with Gasteiger partial charge in [0.05, 0.1) is 0 Å². The Morgan fingerprint density at radius 1 is 0.929 bits per heavy atom. The van der Waals surface area contributed by atoms with Crippen LogP contribution < -0.4 is 16.8 Å². The van der Waals surface area contributed by atoms with Crippen molar-refractivity contribution in [2.75, 3.05) is 13.1 Å². The number of thiocarbonyl (C=S) groups is 2. The molecule has 1 saturated heterocycles. The third-order valence-electron chi connectivity index (χ3n) is 1.21. The van der Waals surface area contributed by atoms with Crippen molar-refractivity contribution in [1.29, 1.82) is 0 Å². The molecule has 1 aliphatic rings. The van der Waals surface area contributed by atoms with Crippen molar-refractivity contribution in [3.05, 3.63) is 0 Å². The molecule has 0 unspecified atom stereocenters. The summed E-state index contributed by atoms with van der Waals surface area (Å²) in [5.74, 6) is 0. The molecule has 84 valence electrons. The molecule has 0 aromatic rings. The summed E-state index contributed by atoms with van der Waals surface area (Å²) in [6.07, 6.45) is 4.22. The molecule has 1 aliphatic heterocycles. The highest BCUT2D eigenvalue weighted by molar-refractivity contribution is 8.11. The summed E-state index contributed by atoms with van der Waals surface area (Å²) in [5, 5.41) is 3.28. The molecule has 0 spiro atoms. The zero-order valence-corrected chi connectivity index (χ0v) is 11.3. The molecule has 7 heteroatoms. The fraction of sp³-hybridized carbons (Fsp3) is 0.714. The Bertz CT molecular complexity index is 128. The smallest absolute Gasteiger partial charge is 0.128 e. The van der Waals surface area contributed by atoms with Crippen LogP contribution in [0, 0.1) is 0 Å². The zero-order valence-electron chi connectivity index (χ0n) is 7.90. The van der Waals surface area contributed by atoms with Gasteiger partial charge in [-0.25, -0.2) is 0 Å². The van der Waals surface area contributed by atoms with Crippen LogP contribution in [0.5, 0.6) is 0 Å². The molecule has 0 radical (unpaired) electrons. The predicted molar refractivity (Wildman–Crippen MR) is 78.3 cm³/mol. The van der Waals surface area contributed by atoms with Crippen LogP contribution in [-0.4, -0.2) is 21.7 Å². The maximum Gasteiger partial charge on any atom is 0.128 e. The van der Waals surface area contributed by atoms with Gasteiger partial charge in [-0.05, 0) is 25.9 Å².